The number of hydrogen-bond donors (Lipinski definition) is 3. The van der Waals surface area contributed by atoms with E-state index in [1.54, 1.807) is 0 Å². The standard InChI is InChI=1S/C9H18O4/c1-2-3-4-9(7-11,5-6-10)8(12)13/h10-11H,2-7H2,1H3,(H,12,13). The summed E-state index contributed by atoms with van der Waals surface area (Å²) in [5, 5.41) is 26.6. The fraction of sp³-hybridized carbons (Fsp3) is 0.889. The summed E-state index contributed by atoms with van der Waals surface area (Å²) in [5.74, 6) is -1.02. The number of unbranched alkanes of at least 4 members (excludes halogenated alkanes) is 1. The molecule has 0 aliphatic heterocycles. The minimum atomic E-state index is -1.13. The molecule has 0 heterocycles. The van der Waals surface area contributed by atoms with Crippen LogP contribution in [0.5, 0.6) is 0 Å². The van der Waals surface area contributed by atoms with E-state index in [1.807, 2.05) is 6.92 Å². The molecule has 0 amide bonds. The van der Waals surface area contributed by atoms with Crippen LogP contribution in [-0.2, 0) is 4.79 Å². The van der Waals surface area contributed by atoms with Crippen LogP contribution in [0.1, 0.15) is 32.6 Å². The van der Waals surface area contributed by atoms with E-state index in [0.717, 1.165) is 12.8 Å². The van der Waals surface area contributed by atoms with E-state index in [2.05, 4.69) is 0 Å². The van der Waals surface area contributed by atoms with Crippen LogP contribution in [-0.4, -0.2) is 34.5 Å². The average molecular weight is 190 g/mol. The number of aliphatic hydroxyl groups excluding tert-OH is 2. The van der Waals surface area contributed by atoms with Crippen molar-refractivity contribution in [1.29, 1.82) is 0 Å². The molecule has 0 aliphatic rings. The topological polar surface area (TPSA) is 77.8 Å². The van der Waals surface area contributed by atoms with E-state index in [1.165, 1.54) is 0 Å². The largest absolute Gasteiger partial charge is 0.481 e. The third kappa shape index (κ3) is 3.32. The molecule has 3 N–H and O–H groups in total. The molecule has 78 valence electrons. The van der Waals surface area contributed by atoms with Gasteiger partial charge < -0.3 is 15.3 Å². The van der Waals surface area contributed by atoms with Gasteiger partial charge in [0.1, 0.15) is 0 Å². The van der Waals surface area contributed by atoms with Crippen LogP contribution in [0.15, 0.2) is 0 Å². The Morgan fingerprint density at radius 1 is 1.31 bits per heavy atom. The Morgan fingerprint density at radius 3 is 2.23 bits per heavy atom. The summed E-state index contributed by atoms with van der Waals surface area (Å²) >= 11 is 0. The highest BCUT2D eigenvalue weighted by atomic mass is 16.4. The summed E-state index contributed by atoms with van der Waals surface area (Å²) in [6.45, 7) is 1.36. The SMILES string of the molecule is CCCCC(CO)(CCO)C(=O)O. The number of carboxylic acid groups (broad SMARTS) is 1. The Morgan fingerprint density at radius 2 is 1.92 bits per heavy atom. The molecule has 1 atom stereocenters. The van der Waals surface area contributed by atoms with E-state index < -0.39 is 18.0 Å². The maximum absolute atomic E-state index is 10.9. The van der Waals surface area contributed by atoms with Crippen molar-refractivity contribution >= 4 is 5.97 Å². The van der Waals surface area contributed by atoms with E-state index in [-0.39, 0.29) is 13.0 Å². The van der Waals surface area contributed by atoms with Crippen LogP contribution in [0.25, 0.3) is 0 Å². The smallest absolute Gasteiger partial charge is 0.312 e. The third-order valence-corrected chi connectivity index (χ3v) is 2.36. The van der Waals surface area contributed by atoms with Crippen molar-refractivity contribution < 1.29 is 20.1 Å². The van der Waals surface area contributed by atoms with Gasteiger partial charge in [-0.2, -0.15) is 0 Å². The molecule has 0 aliphatic carbocycles. The van der Waals surface area contributed by atoms with Crippen LogP contribution in [0.2, 0.25) is 0 Å². The van der Waals surface area contributed by atoms with E-state index in [0.29, 0.717) is 6.42 Å². The highest BCUT2D eigenvalue weighted by molar-refractivity contribution is 5.74. The van der Waals surface area contributed by atoms with Gasteiger partial charge in [-0.05, 0) is 12.8 Å². The molecule has 0 radical (unpaired) electrons. The number of hydrogen-bond acceptors (Lipinski definition) is 3. The van der Waals surface area contributed by atoms with E-state index >= 15 is 0 Å². The Labute approximate surface area is 78.2 Å². The molecule has 0 aromatic carbocycles. The number of rotatable bonds is 7. The minimum absolute atomic E-state index is 0.124. The second-order valence-electron chi connectivity index (χ2n) is 3.32. The molecule has 0 rings (SSSR count). The van der Waals surface area contributed by atoms with Crippen molar-refractivity contribution in [1.82, 2.24) is 0 Å². The molecule has 1 unspecified atom stereocenters. The van der Waals surface area contributed by atoms with Gasteiger partial charge in [0.05, 0.1) is 12.0 Å². The second-order valence-corrected chi connectivity index (χ2v) is 3.32. The lowest BCUT2D eigenvalue weighted by molar-refractivity contribution is -0.153. The molecular weight excluding hydrogens is 172 g/mol. The minimum Gasteiger partial charge on any atom is -0.481 e. The van der Waals surface area contributed by atoms with Crippen LogP contribution in [0.3, 0.4) is 0 Å². The Kier molecular flexibility index (Phi) is 5.66. The number of carbonyl (C=O) groups is 1. The lowest BCUT2D eigenvalue weighted by atomic mass is 9.81. The normalized spacial score (nSPS) is 15.3. The van der Waals surface area contributed by atoms with Crippen molar-refractivity contribution in [3.05, 3.63) is 0 Å². The van der Waals surface area contributed by atoms with Crippen LogP contribution in [0, 0.1) is 5.41 Å². The predicted octanol–water partition coefficient (Wildman–Crippen LogP) is 0.622. The van der Waals surface area contributed by atoms with Crippen molar-refractivity contribution in [2.75, 3.05) is 13.2 Å². The van der Waals surface area contributed by atoms with Gasteiger partial charge in [-0.3, -0.25) is 4.79 Å². The lowest BCUT2D eigenvalue weighted by Crippen LogP contribution is -2.35. The van der Waals surface area contributed by atoms with Crippen LogP contribution < -0.4 is 0 Å². The molecular formula is C9H18O4. The summed E-state index contributed by atoms with van der Waals surface area (Å²) < 4.78 is 0. The van der Waals surface area contributed by atoms with E-state index in [9.17, 15) is 4.79 Å². The van der Waals surface area contributed by atoms with Crippen molar-refractivity contribution in [2.24, 2.45) is 5.41 Å². The fourth-order valence-corrected chi connectivity index (χ4v) is 1.29. The first-order valence-electron chi connectivity index (χ1n) is 4.58. The quantitative estimate of drug-likeness (QED) is 0.550. The van der Waals surface area contributed by atoms with Gasteiger partial charge in [0.25, 0.3) is 0 Å². The van der Waals surface area contributed by atoms with Crippen LogP contribution >= 0.6 is 0 Å². The first-order chi connectivity index (χ1) is 6.13. The van der Waals surface area contributed by atoms with Gasteiger partial charge in [-0.15, -0.1) is 0 Å². The molecule has 0 aromatic heterocycles. The maximum Gasteiger partial charge on any atom is 0.312 e. The molecule has 4 heteroatoms. The lowest BCUT2D eigenvalue weighted by Gasteiger charge is -2.26. The second kappa shape index (κ2) is 5.94. The Balaban J connectivity index is 4.35. The fourth-order valence-electron chi connectivity index (χ4n) is 1.29. The highest BCUT2D eigenvalue weighted by Gasteiger charge is 2.36. The van der Waals surface area contributed by atoms with Gasteiger partial charge in [0.2, 0.25) is 0 Å². The van der Waals surface area contributed by atoms with Gasteiger partial charge in [-0.25, -0.2) is 0 Å². The summed E-state index contributed by atoms with van der Waals surface area (Å²) in [4.78, 5) is 10.9. The molecule has 4 nitrogen and oxygen atoms in total. The molecule has 0 spiro atoms. The summed E-state index contributed by atoms with van der Waals surface area (Å²) in [5.41, 5.74) is -1.13. The predicted molar refractivity (Wildman–Crippen MR) is 48.4 cm³/mol. The van der Waals surface area contributed by atoms with Gasteiger partial charge >= 0.3 is 5.97 Å². The van der Waals surface area contributed by atoms with Crippen molar-refractivity contribution in [3.63, 3.8) is 0 Å². The van der Waals surface area contributed by atoms with Crippen molar-refractivity contribution in [3.8, 4) is 0 Å². The van der Waals surface area contributed by atoms with Crippen LogP contribution in [0.4, 0.5) is 0 Å². The molecule has 13 heavy (non-hydrogen) atoms. The summed E-state index contributed by atoms with van der Waals surface area (Å²) in [7, 11) is 0. The molecule has 0 bridgehead atoms. The van der Waals surface area contributed by atoms with Crippen molar-refractivity contribution in [2.45, 2.75) is 32.6 Å². The number of aliphatic hydroxyl groups is 2. The monoisotopic (exact) mass is 190 g/mol. The zero-order valence-electron chi connectivity index (χ0n) is 7.99. The molecule has 0 aromatic rings. The van der Waals surface area contributed by atoms with E-state index in [4.69, 9.17) is 15.3 Å². The maximum atomic E-state index is 10.9. The number of carboxylic acids is 1. The molecule has 0 saturated heterocycles. The Bertz CT molecular complexity index is 158. The summed E-state index contributed by atoms with van der Waals surface area (Å²) in [6, 6.07) is 0. The Hall–Kier alpha value is -0.610. The highest BCUT2D eigenvalue weighted by Crippen LogP contribution is 2.28. The van der Waals surface area contributed by atoms with Gasteiger partial charge in [0, 0.05) is 6.61 Å². The zero-order chi connectivity index (χ0) is 10.3. The number of aliphatic carboxylic acids is 1. The van der Waals surface area contributed by atoms with Gasteiger partial charge in [-0.1, -0.05) is 19.8 Å². The first kappa shape index (κ1) is 12.4. The zero-order valence-corrected chi connectivity index (χ0v) is 7.99. The molecule has 0 fully saturated rings. The van der Waals surface area contributed by atoms with Gasteiger partial charge in [0.15, 0.2) is 0 Å². The average Bonchev–Trinajstić information content (AvgIpc) is 2.12. The summed E-state index contributed by atoms with van der Waals surface area (Å²) in [6.07, 6.45) is 2.20. The molecule has 0 saturated carbocycles. The first-order valence-corrected chi connectivity index (χ1v) is 4.58. The third-order valence-electron chi connectivity index (χ3n) is 2.36.